The highest BCUT2D eigenvalue weighted by molar-refractivity contribution is 5.09. The minimum Gasteiger partial charge on any atom is -0.396 e. The van der Waals surface area contributed by atoms with Crippen LogP contribution >= 0.6 is 0 Å². The van der Waals surface area contributed by atoms with Crippen molar-refractivity contribution >= 4 is 0 Å². The molecule has 106 valence electrons. The van der Waals surface area contributed by atoms with Gasteiger partial charge in [-0.15, -0.1) is 0 Å². The SMILES string of the molecule is OCCCCCN1CCN(Cc2ccncc2)CC1. The highest BCUT2D eigenvalue weighted by Crippen LogP contribution is 2.08. The van der Waals surface area contributed by atoms with E-state index in [1.807, 2.05) is 12.4 Å². The molecule has 1 aromatic heterocycles. The van der Waals surface area contributed by atoms with Crippen LogP contribution in [-0.2, 0) is 6.54 Å². The third-order valence-electron chi connectivity index (χ3n) is 3.75. The average Bonchev–Trinajstić information content (AvgIpc) is 2.46. The van der Waals surface area contributed by atoms with E-state index in [0.717, 1.165) is 32.5 Å². The zero-order valence-electron chi connectivity index (χ0n) is 11.7. The first-order valence-electron chi connectivity index (χ1n) is 7.33. The number of aliphatic hydroxyl groups excluding tert-OH is 1. The molecule has 0 bridgehead atoms. The normalized spacial score (nSPS) is 17.7. The van der Waals surface area contributed by atoms with Crippen molar-refractivity contribution in [2.75, 3.05) is 39.3 Å². The number of aliphatic hydroxyl groups is 1. The van der Waals surface area contributed by atoms with E-state index in [-0.39, 0.29) is 0 Å². The van der Waals surface area contributed by atoms with Crippen molar-refractivity contribution in [3.05, 3.63) is 30.1 Å². The van der Waals surface area contributed by atoms with Gasteiger partial charge in [0.25, 0.3) is 0 Å². The molecule has 4 nitrogen and oxygen atoms in total. The van der Waals surface area contributed by atoms with Crippen LogP contribution in [0.4, 0.5) is 0 Å². The summed E-state index contributed by atoms with van der Waals surface area (Å²) in [6.07, 6.45) is 7.04. The van der Waals surface area contributed by atoms with Crippen LogP contribution < -0.4 is 0 Å². The molecule has 0 saturated carbocycles. The van der Waals surface area contributed by atoms with Gasteiger partial charge < -0.3 is 10.0 Å². The van der Waals surface area contributed by atoms with Gasteiger partial charge in [0.15, 0.2) is 0 Å². The summed E-state index contributed by atoms with van der Waals surface area (Å²) in [6, 6.07) is 4.20. The smallest absolute Gasteiger partial charge is 0.0431 e. The maximum absolute atomic E-state index is 8.75. The molecule has 0 atom stereocenters. The van der Waals surface area contributed by atoms with Gasteiger partial charge in [-0.05, 0) is 43.5 Å². The second-order valence-electron chi connectivity index (χ2n) is 5.26. The summed E-state index contributed by atoms with van der Waals surface area (Å²) in [5.74, 6) is 0. The summed E-state index contributed by atoms with van der Waals surface area (Å²) in [5, 5.41) is 8.75. The van der Waals surface area contributed by atoms with Crippen LogP contribution in [0, 0.1) is 0 Å². The van der Waals surface area contributed by atoms with E-state index in [1.165, 1.54) is 31.6 Å². The van der Waals surface area contributed by atoms with Crippen molar-refractivity contribution < 1.29 is 5.11 Å². The number of aromatic nitrogens is 1. The van der Waals surface area contributed by atoms with Gasteiger partial charge in [-0.2, -0.15) is 0 Å². The Kier molecular flexibility index (Phi) is 6.27. The van der Waals surface area contributed by atoms with Gasteiger partial charge >= 0.3 is 0 Å². The fraction of sp³-hybridized carbons (Fsp3) is 0.667. The lowest BCUT2D eigenvalue weighted by Gasteiger charge is -2.34. The van der Waals surface area contributed by atoms with Crippen molar-refractivity contribution in [1.82, 2.24) is 14.8 Å². The molecule has 1 saturated heterocycles. The summed E-state index contributed by atoms with van der Waals surface area (Å²) >= 11 is 0. The van der Waals surface area contributed by atoms with Crippen LogP contribution in [0.1, 0.15) is 24.8 Å². The Labute approximate surface area is 116 Å². The molecule has 1 aliphatic heterocycles. The molecule has 1 aromatic rings. The predicted molar refractivity (Wildman–Crippen MR) is 76.9 cm³/mol. The van der Waals surface area contributed by atoms with Gasteiger partial charge in [0, 0.05) is 51.7 Å². The maximum Gasteiger partial charge on any atom is 0.0431 e. The predicted octanol–water partition coefficient (Wildman–Crippen LogP) is 1.36. The van der Waals surface area contributed by atoms with E-state index in [0.29, 0.717) is 6.61 Å². The molecule has 2 rings (SSSR count). The summed E-state index contributed by atoms with van der Waals surface area (Å²) in [7, 11) is 0. The molecular formula is C15H25N3O. The second-order valence-corrected chi connectivity index (χ2v) is 5.26. The van der Waals surface area contributed by atoms with Gasteiger partial charge in [-0.3, -0.25) is 9.88 Å². The van der Waals surface area contributed by atoms with Crippen molar-refractivity contribution in [1.29, 1.82) is 0 Å². The molecule has 19 heavy (non-hydrogen) atoms. The van der Waals surface area contributed by atoms with Crippen LogP contribution in [0.25, 0.3) is 0 Å². The van der Waals surface area contributed by atoms with E-state index < -0.39 is 0 Å². The number of unbranched alkanes of at least 4 members (excludes halogenated alkanes) is 2. The Morgan fingerprint density at radius 1 is 0.947 bits per heavy atom. The van der Waals surface area contributed by atoms with Crippen LogP contribution in [0.15, 0.2) is 24.5 Å². The molecule has 0 unspecified atom stereocenters. The summed E-state index contributed by atoms with van der Waals surface area (Å²) < 4.78 is 0. The molecule has 4 heteroatoms. The fourth-order valence-electron chi connectivity index (χ4n) is 2.54. The lowest BCUT2D eigenvalue weighted by Crippen LogP contribution is -2.46. The Bertz CT molecular complexity index is 337. The molecule has 0 amide bonds. The van der Waals surface area contributed by atoms with Gasteiger partial charge in [-0.25, -0.2) is 0 Å². The molecular weight excluding hydrogens is 238 g/mol. The molecule has 1 fully saturated rings. The molecule has 0 radical (unpaired) electrons. The van der Waals surface area contributed by atoms with E-state index >= 15 is 0 Å². The minimum absolute atomic E-state index is 0.333. The molecule has 2 heterocycles. The topological polar surface area (TPSA) is 39.6 Å². The maximum atomic E-state index is 8.75. The number of pyridine rings is 1. The average molecular weight is 263 g/mol. The third-order valence-corrected chi connectivity index (χ3v) is 3.75. The first kappa shape index (κ1) is 14.4. The summed E-state index contributed by atoms with van der Waals surface area (Å²) in [5.41, 5.74) is 1.35. The van der Waals surface area contributed by atoms with E-state index in [9.17, 15) is 0 Å². The summed E-state index contributed by atoms with van der Waals surface area (Å²) in [4.78, 5) is 9.11. The molecule has 1 aliphatic rings. The second kappa shape index (κ2) is 8.25. The molecule has 1 N–H and O–H groups in total. The lowest BCUT2D eigenvalue weighted by molar-refractivity contribution is 0.125. The van der Waals surface area contributed by atoms with Crippen molar-refractivity contribution in [3.63, 3.8) is 0 Å². The molecule has 0 spiro atoms. The Morgan fingerprint density at radius 3 is 2.32 bits per heavy atom. The molecule has 0 aromatic carbocycles. The Balaban J connectivity index is 1.62. The number of hydrogen-bond donors (Lipinski definition) is 1. The van der Waals surface area contributed by atoms with Crippen molar-refractivity contribution in [3.8, 4) is 0 Å². The molecule has 0 aliphatic carbocycles. The van der Waals surface area contributed by atoms with Gasteiger partial charge in [-0.1, -0.05) is 0 Å². The van der Waals surface area contributed by atoms with E-state index in [4.69, 9.17) is 5.11 Å². The summed E-state index contributed by atoms with van der Waals surface area (Å²) in [6.45, 7) is 7.21. The van der Waals surface area contributed by atoms with Gasteiger partial charge in [0.1, 0.15) is 0 Å². The lowest BCUT2D eigenvalue weighted by atomic mass is 10.2. The number of rotatable bonds is 7. The van der Waals surface area contributed by atoms with E-state index in [2.05, 4.69) is 26.9 Å². The van der Waals surface area contributed by atoms with Crippen molar-refractivity contribution in [2.45, 2.75) is 25.8 Å². The monoisotopic (exact) mass is 263 g/mol. The first-order valence-corrected chi connectivity index (χ1v) is 7.33. The zero-order chi connectivity index (χ0) is 13.3. The van der Waals surface area contributed by atoms with Crippen LogP contribution in [0.5, 0.6) is 0 Å². The van der Waals surface area contributed by atoms with Crippen LogP contribution in [0.3, 0.4) is 0 Å². The van der Waals surface area contributed by atoms with E-state index in [1.54, 1.807) is 0 Å². The Hall–Kier alpha value is -0.970. The van der Waals surface area contributed by atoms with Gasteiger partial charge in [0.2, 0.25) is 0 Å². The number of piperazine rings is 1. The largest absolute Gasteiger partial charge is 0.396 e. The van der Waals surface area contributed by atoms with Crippen molar-refractivity contribution in [2.24, 2.45) is 0 Å². The first-order chi connectivity index (χ1) is 9.38. The van der Waals surface area contributed by atoms with Crippen LogP contribution in [-0.4, -0.2) is 59.2 Å². The fourth-order valence-corrected chi connectivity index (χ4v) is 2.54. The highest BCUT2D eigenvalue weighted by atomic mass is 16.2. The van der Waals surface area contributed by atoms with Gasteiger partial charge in [0.05, 0.1) is 0 Å². The highest BCUT2D eigenvalue weighted by Gasteiger charge is 2.16. The quantitative estimate of drug-likeness (QED) is 0.754. The zero-order valence-corrected chi connectivity index (χ0v) is 11.7. The Morgan fingerprint density at radius 2 is 1.63 bits per heavy atom. The third kappa shape index (κ3) is 5.27. The van der Waals surface area contributed by atoms with Crippen LogP contribution in [0.2, 0.25) is 0 Å². The minimum atomic E-state index is 0.333. The number of hydrogen-bond acceptors (Lipinski definition) is 4. The standard InChI is InChI=1S/C15H25N3O/c19-13-3-1-2-8-17-9-11-18(12-10-17)14-15-4-6-16-7-5-15/h4-7,19H,1-3,8-14H2. The number of nitrogens with zero attached hydrogens (tertiary/aromatic N) is 3.